The summed E-state index contributed by atoms with van der Waals surface area (Å²) >= 11 is 0. The van der Waals surface area contributed by atoms with Crippen LogP contribution in [0.25, 0.3) is 0 Å². The Kier molecular flexibility index (Phi) is 2.26. The molecule has 1 N–H and O–H groups in total. The van der Waals surface area contributed by atoms with Crippen molar-refractivity contribution >= 4 is 0 Å². The van der Waals surface area contributed by atoms with Crippen LogP contribution in [-0.4, -0.2) is 18.3 Å². The summed E-state index contributed by atoms with van der Waals surface area (Å²) in [6.45, 7) is 0. The van der Waals surface area contributed by atoms with E-state index in [2.05, 4.69) is 5.32 Å². The maximum absolute atomic E-state index is 12.3. The molecule has 1 saturated carbocycles. The summed E-state index contributed by atoms with van der Waals surface area (Å²) in [6.07, 6.45) is 0.346. The molecule has 0 amide bonds. The number of fused-ring (bicyclic) bond motifs is 1. The number of hydrogen-bond acceptors (Lipinski definition) is 1. The Labute approximate surface area is 75.7 Å². The molecular formula is C9H14F3N. The van der Waals surface area contributed by atoms with Crippen molar-refractivity contribution in [3.05, 3.63) is 0 Å². The number of halogens is 3. The fourth-order valence-electron chi connectivity index (χ4n) is 2.57. The van der Waals surface area contributed by atoms with E-state index in [0.29, 0.717) is 6.42 Å². The second kappa shape index (κ2) is 3.15. The molecule has 1 nitrogen and oxygen atoms in total. The standard InChI is InChI=1S/C9H14F3N/c10-9(11,12)8-5-6-3-1-2-4-7(6)13-8/h6-8,13H,1-5H2/t6-,7-,8-/m0/s1. The summed E-state index contributed by atoms with van der Waals surface area (Å²) in [6, 6.07) is -1.10. The molecule has 1 aliphatic carbocycles. The highest BCUT2D eigenvalue weighted by Crippen LogP contribution is 2.38. The summed E-state index contributed by atoms with van der Waals surface area (Å²) in [5.41, 5.74) is 0. The predicted molar refractivity (Wildman–Crippen MR) is 43.3 cm³/mol. The van der Waals surface area contributed by atoms with Crippen molar-refractivity contribution in [2.75, 3.05) is 0 Å². The first-order chi connectivity index (χ1) is 6.07. The largest absolute Gasteiger partial charge is 0.403 e. The van der Waals surface area contributed by atoms with Crippen LogP contribution in [-0.2, 0) is 0 Å². The summed E-state index contributed by atoms with van der Waals surface area (Å²) in [7, 11) is 0. The molecule has 0 aromatic rings. The van der Waals surface area contributed by atoms with Gasteiger partial charge in [-0.05, 0) is 25.2 Å². The molecule has 13 heavy (non-hydrogen) atoms. The zero-order chi connectivity index (χ0) is 9.47. The molecule has 2 aliphatic rings. The lowest BCUT2D eigenvalue weighted by Crippen LogP contribution is -2.41. The zero-order valence-corrected chi connectivity index (χ0v) is 7.40. The number of nitrogens with one attached hydrogen (secondary N) is 1. The van der Waals surface area contributed by atoms with E-state index in [4.69, 9.17) is 0 Å². The molecule has 0 aromatic carbocycles. The number of alkyl halides is 3. The first-order valence-corrected chi connectivity index (χ1v) is 4.90. The second-order valence-electron chi connectivity index (χ2n) is 4.15. The minimum Gasteiger partial charge on any atom is -0.303 e. The SMILES string of the molecule is FC(F)(F)[C@@H]1C[C@@H]2CCCC[C@@H]2N1. The van der Waals surface area contributed by atoms with Gasteiger partial charge in [-0.1, -0.05) is 12.8 Å². The van der Waals surface area contributed by atoms with Crippen molar-refractivity contribution in [3.8, 4) is 0 Å². The van der Waals surface area contributed by atoms with Crippen LogP contribution in [0.2, 0.25) is 0 Å². The van der Waals surface area contributed by atoms with Crippen LogP contribution in [0.5, 0.6) is 0 Å². The van der Waals surface area contributed by atoms with Crippen molar-refractivity contribution < 1.29 is 13.2 Å². The van der Waals surface area contributed by atoms with Gasteiger partial charge >= 0.3 is 6.18 Å². The van der Waals surface area contributed by atoms with Gasteiger partial charge in [0, 0.05) is 6.04 Å². The second-order valence-corrected chi connectivity index (χ2v) is 4.15. The highest BCUT2D eigenvalue weighted by Gasteiger charge is 2.48. The summed E-state index contributed by atoms with van der Waals surface area (Å²) in [5, 5.41) is 2.71. The maximum Gasteiger partial charge on any atom is 0.403 e. The van der Waals surface area contributed by atoms with Crippen molar-refractivity contribution in [2.24, 2.45) is 5.92 Å². The fourth-order valence-corrected chi connectivity index (χ4v) is 2.57. The number of rotatable bonds is 0. The maximum atomic E-state index is 12.3. The molecule has 1 aliphatic heterocycles. The van der Waals surface area contributed by atoms with Gasteiger partial charge in [-0.2, -0.15) is 13.2 Å². The first-order valence-electron chi connectivity index (χ1n) is 4.90. The fraction of sp³-hybridized carbons (Fsp3) is 1.00. The van der Waals surface area contributed by atoms with E-state index in [-0.39, 0.29) is 12.0 Å². The van der Waals surface area contributed by atoms with E-state index in [1.807, 2.05) is 0 Å². The van der Waals surface area contributed by atoms with Crippen LogP contribution in [0.3, 0.4) is 0 Å². The van der Waals surface area contributed by atoms with Gasteiger partial charge in [0.25, 0.3) is 0 Å². The van der Waals surface area contributed by atoms with E-state index >= 15 is 0 Å². The molecule has 0 bridgehead atoms. The molecule has 76 valence electrons. The molecule has 0 radical (unpaired) electrons. The van der Waals surface area contributed by atoms with E-state index in [1.54, 1.807) is 0 Å². The van der Waals surface area contributed by atoms with Crippen molar-refractivity contribution in [1.29, 1.82) is 0 Å². The van der Waals surface area contributed by atoms with E-state index in [9.17, 15) is 13.2 Å². The highest BCUT2D eigenvalue weighted by atomic mass is 19.4. The summed E-state index contributed by atoms with van der Waals surface area (Å²) in [4.78, 5) is 0. The molecular weight excluding hydrogens is 179 g/mol. The van der Waals surface area contributed by atoms with Crippen LogP contribution in [0.1, 0.15) is 32.1 Å². The van der Waals surface area contributed by atoms with Gasteiger partial charge in [-0.15, -0.1) is 0 Å². The van der Waals surface area contributed by atoms with Crippen molar-refractivity contribution in [3.63, 3.8) is 0 Å². The Bertz CT molecular complexity index is 176. The Morgan fingerprint density at radius 2 is 1.77 bits per heavy atom. The Balaban J connectivity index is 1.99. The van der Waals surface area contributed by atoms with Crippen LogP contribution in [0.15, 0.2) is 0 Å². The predicted octanol–water partition coefficient (Wildman–Crippen LogP) is 2.47. The van der Waals surface area contributed by atoms with Gasteiger partial charge in [0.2, 0.25) is 0 Å². The third-order valence-electron chi connectivity index (χ3n) is 3.26. The monoisotopic (exact) mass is 193 g/mol. The average Bonchev–Trinajstić information content (AvgIpc) is 2.45. The first kappa shape index (κ1) is 9.31. The topological polar surface area (TPSA) is 12.0 Å². The zero-order valence-electron chi connectivity index (χ0n) is 7.40. The average molecular weight is 193 g/mol. The smallest absolute Gasteiger partial charge is 0.303 e. The van der Waals surface area contributed by atoms with Crippen LogP contribution < -0.4 is 5.32 Å². The molecule has 0 aromatic heterocycles. The van der Waals surface area contributed by atoms with Gasteiger partial charge < -0.3 is 5.32 Å². The molecule has 0 unspecified atom stereocenters. The number of hydrogen-bond donors (Lipinski definition) is 1. The minimum absolute atomic E-state index is 0.139. The van der Waals surface area contributed by atoms with Crippen LogP contribution >= 0.6 is 0 Å². The molecule has 1 heterocycles. The van der Waals surface area contributed by atoms with Gasteiger partial charge in [0.15, 0.2) is 0 Å². The van der Waals surface area contributed by atoms with E-state index in [1.165, 1.54) is 0 Å². The van der Waals surface area contributed by atoms with Gasteiger partial charge in [0.1, 0.15) is 6.04 Å². The summed E-state index contributed by atoms with van der Waals surface area (Å²) in [5.74, 6) is 0.278. The van der Waals surface area contributed by atoms with Crippen molar-refractivity contribution in [2.45, 2.75) is 50.4 Å². The quantitative estimate of drug-likeness (QED) is 0.623. The van der Waals surface area contributed by atoms with Crippen LogP contribution in [0.4, 0.5) is 13.2 Å². The van der Waals surface area contributed by atoms with Crippen molar-refractivity contribution in [1.82, 2.24) is 5.32 Å². The third kappa shape index (κ3) is 1.82. The third-order valence-corrected chi connectivity index (χ3v) is 3.26. The molecule has 4 heteroatoms. The molecule has 3 atom stereocenters. The van der Waals surface area contributed by atoms with E-state index < -0.39 is 12.2 Å². The lowest BCUT2D eigenvalue weighted by molar-refractivity contribution is -0.153. The molecule has 1 saturated heterocycles. The van der Waals surface area contributed by atoms with E-state index in [0.717, 1.165) is 25.7 Å². The Morgan fingerprint density at radius 1 is 1.08 bits per heavy atom. The van der Waals surface area contributed by atoms with Crippen LogP contribution in [0, 0.1) is 5.92 Å². The minimum atomic E-state index is -4.04. The Hall–Kier alpha value is -0.250. The highest BCUT2D eigenvalue weighted by molar-refractivity contribution is 4.95. The normalized spacial score (nSPS) is 40.4. The Morgan fingerprint density at radius 3 is 2.38 bits per heavy atom. The molecule has 2 fully saturated rings. The molecule has 2 rings (SSSR count). The van der Waals surface area contributed by atoms with Gasteiger partial charge in [-0.25, -0.2) is 0 Å². The van der Waals surface area contributed by atoms with Gasteiger partial charge in [0.05, 0.1) is 0 Å². The lowest BCUT2D eigenvalue weighted by Gasteiger charge is -2.24. The van der Waals surface area contributed by atoms with Gasteiger partial charge in [-0.3, -0.25) is 0 Å². The summed E-state index contributed by atoms with van der Waals surface area (Å²) < 4.78 is 37.0. The molecule has 0 spiro atoms. The lowest BCUT2D eigenvalue weighted by atomic mass is 9.85.